The Hall–Kier alpha value is -1.57. The topological polar surface area (TPSA) is 26.3 Å². The maximum atomic E-state index is 13.0. The summed E-state index contributed by atoms with van der Waals surface area (Å²) in [6.45, 7) is 12.7. The lowest BCUT2D eigenvalue weighted by molar-refractivity contribution is -0.159. The van der Waals surface area contributed by atoms with Gasteiger partial charge in [-0.2, -0.15) is 0 Å². The summed E-state index contributed by atoms with van der Waals surface area (Å²) in [5.41, 5.74) is 3.05. The van der Waals surface area contributed by atoms with Crippen LogP contribution in [-0.4, -0.2) is 12.1 Å². The van der Waals surface area contributed by atoms with E-state index < -0.39 is 5.41 Å². The van der Waals surface area contributed by atoms with Gasteiger partial charge in [-0.1, -0.05) is 71.4 Å². The maximum Gasteiger partial charge on any atom is 0.320 e. The molecule has 2 heteroatoms. The average Bonchev–Trinajstić information content (AvgIpc) is 3.20. The number of hydrogen-bond acceptors (Lipinski definition) is 2. The van der Waals surface area contributed by atoms with Crippen LogP contribution in [-0.2, 0) is 9.53 Å². The zero-order valence-electron chi connectivity index (χ0n) is 15.3. The summed E-state index contributed by atoms with van der Waals surface area (Å²) in [7, 11) is 0. The van der Waals surface area contributed by atoms with Crippen LogP contribution in [0, 0.1) is 24.2 Å². The van der Waals surface area contributed by atoms with Gasteiger partial charge in [0, 0.05) is 0 Å². The van der Waals surface area contributed by atoms with Gasteiger partial charge in [-0.3, -0.25) is 4.79 Å². The zero-order chi connectivity index (χ0) is 17.2. The fourth-order valence-corrected chi connectivity index (χ4v) is 3.55. The van der Waals surface area contributed by atoms with E-state index in [2.05, 4.69) is 59.8 Å². The Labute approximate surface area is 140 Å². The van der Waals surface area contributed by atoms with Crippen molar-refractivity contribution in [3.8, 4) is 0 Å². The first-order valence-corrected chi connectivity index (χ1v) is 8.84. The summed E-state index contributed by atoms with van der Waals surface area (Å²) < 4.78 is 5.95. The van der Waals surface area contributed by atoms with Crippen LogP contribution in [0.4, 0.5) is 0 Å². The molecule has 0 heterocycles. The third-order valence-electron chi connectivity index (χ3n) is 4.79. The third-order valence-corrected chi connectivity index (χ3v) is 4.79. The van der Waals surface area contributed by atoms with Crippen molar-refractivity contribution < 1.29 is 9.53 Å². The quantitative estimate of drug-likeness (QED) is 0.630. The van der Waals surface area contributed by atoms with Crippen molar-refractivity contribution >= 4 is 11.5 Å². The van der Waals surface area contributed by atoms with E-state index in [1.807, 2.05) is 12.1 Å². The second-order valence-electron chi connectivity index (χ2n) is 7.45. The van der Waals surface area contributed by atoms with Gasteiger partial charge in [0.1, 0.15) is 11.5 Å². The molecule has 1 aliphatic rings. The van der Waals surface area contributed by atoms with Crippen molar-refractivity contribution in [1.82, 2.24) is 0 Å². The Morgan fingerprint density at radius 3 is 2.26 bits per heavy atom. The number of rotatable bonds is 7. The third kappa shape index (κ3) is 3.52. The highest BCUT2D eigenvalue weighted by Gasteiger charge is 2.52. The number of ether oxygens (including phenoxy) is 1. The van der Waals surface area contributed by atoms with E-state index in [-0.39, 0.29) is 12.1 Å². The first-order valence-electron chi connectivity index (χ1n) is 8.84. The number of carbonyl (C=O) groups is 1. The van der Waals surface area contributed by atoms with Gasteiger partial charge in [-0.05, 0) is 41.9 Å². The molecule has 0 fully saturated rings. The molecule has 0 amide bonds. The van der Waals surface area contributed by atoms with Gasteiger partial charge in [0.2, 0.25) is 0 Å². The molecular formula is C21H30O2. The fraction of sp³-hybridized carbons (Fsp3) is 0.571. The largest absolute Gasteiger partial charge is 0.461 e. The van der Waals surface area contributed by atoms with Crippen molar-refractivity contribution in [1.29, 1.82) is 0 Å². The van der Waals surface area contributed by atoms with E-state index in [0.29, 0.717) is 11.8 Å². The van der Waals surface area contributed by atoms with E-state index >= 15 is 0 Å². The molecule has 0 radical (unpaired) electrons. The molecule has 0 aliphatic heterocycles. The normalized spacial score (nSPS) is 20.1. The highest BCUT2D eigenvalue weighted by Crippen LogP contribution is 2.56. The maximum absolute atomic E-state index is 13.0. The van der Waals surface area contributed by atoms with Crippen molar-refractivity contribution in [3.05, 3.63) is 41.5 Å². The Morgan fingerprint density at radius 1 is 1.13 bits per heavy atom. The summed E-state index contributed by atoms with van der Waals surface area (Å²) in [4.78, 5) is 13.0. The van der Waals surface area contributed by atoms with Gasteiger partial charge in [0.05, 0.1) is 0 Å². The zero-order valence-corrected chi connectivity index (χ0v) is 15.3. The summed E-state index contributed by atoms with van der Waals surface area (Å²) in [6, 6.07) is 8.28. The highest BCUT2D eigenvalue weighted by molar-refractivity contribution is 6.06. The van der Waals surface area contributed by atoms with E-state index in [1.54, 1.807) is 0 Å². The van der Waals surface area contributed by atoms with Crippen LogP contribution >= 0.6 is 0 Å². The molecule has 0 saturated heterocycles. The lowest BCUT2D eigenvalue weighted by atomic mass is 9.89. The van der Waals surface area contributed by atoms with Gasteiger partial charge in [0.25, 0.3) is 0 Å². The van der Waals surface area contributed by atoms with Crippen LogP contribution in [0.3, 0.4) is 0 Å². The minimum Gasteiger partial charge on any atom is -0.461 e. The molecule has 1 aromatic carbocycles. The molecule has 0 saturated carbocycles. The molecule has 0 bridgehead atoms. The number of benzene rings is 1. The summed E-state index contributed by atoms with van der Waals surface area (Å²) >= 11 is 0. The van der Waals surface area contributed by atoms with Gasteiger partial charge in [-0.15, -0.1) is 0 Å². The minimum atomic E-state index is -0.497. The van der Waals surface area contributed by atoms with Crippen LogP contribution in [0.1, 0.15) is 58.6 Å². The first kappa shape index (κ1) is 17.8. The minimum absolute atomic E-state index is 0.0247. The SMILES string of the molecule is CCC[C@@]1(C(=O)OC(C(C)C)C(C)C)C=C1c1ccccc1C. The van der Waals surface area contributed by atoms with Crippen LogP contribution in [0.15, 0.2) is 30.3 Å². The highest BCUT2D eigenvalue weighted by atomic mass is 16.5. The van der Waals surface area contributed by atoms with Crippen LogP contribution < -0.4 is 0 Å². The molecule has 1 aliphatic carbocycles. The number of esters is 1. The fourth-order valence-electron chi connectivity index (χ4n) is 3.55. The predicted octanol–water partition coefficient (Wildman–Crippen LogP) is 5.40. The number of hydrogen-bond donors (Lipinski definition) is 0. The van der Waals surface area contributed by atoms with E-state index in [9.17, 15) is 4.79 Å². The Morgan fingerprint density at radius 2 is 1.74 bits per heavy atom. The van der Waals surface area contributed by atoms with Crippen molar-refractivity contribution in [2.24, 2.45) is 17.3 Å². The van der Waals surface area contributed by atoms with Crippen molar-refractivity contribution in [2.75, 3.05) is 0 Å². The number of aryl methyl sites for hydroxylation is 1. The van der Waals surface area contributed by atoms with Gasteiger partial charge >= 0.3 is 5.97 Å². The molecule has 0 N–H and O–H groups in total. The van der Waals surface area contributed by atoms with Gasteiger partial charge in [0.15, 0.2) is 0 Å². The molecule has 1 atom stereocenters. The Kier molecular flexibility index (Phi) is 5.33. The van der Waals surface area contributed by atoms with E-state index in [0.717, 1.165) is 18.4 Å². The molecule has 0 spiro atoms. The lowest BCUT2D eigenvalue weighted by Crippen LogP contribution is -2.33. The second kappa shape index (κ2) is 6.90. The molecule has 2 rings (SSSR count). The second-order valence-corrected chi connectivity index (χ2v) is 7.45. The van der Waals surface area contributed by atoms with Crippen molar-refractivity contribution in [3.63, 3.8) is 0 Å². The van der Waals surface area contributed by atoms with E-state index in [4.69, 9.17) is 4.74 Å². The summed E-state index contributed by atoms with van der Waals surface area (Å²) in [5, 5.41) is 0. The van der Waals surface area contributed by atoms with Gasteiger partial charge < -0.3 is 4.74 Å². The lowest BCUT2D eigenvalue weighted by Gasteiger charge is -2.28. The molecular weight excluding hydrogens is 284 g/mol. The van der Waals surface area contributed by atoms with Crippen molar-refractivity contribution in [2.45, 2.75) is 60.5 Å². The Balaban J connectivity index is 2.21. The molecule has 1 aromatic rings. The smallest absolute Gasteiger partial charge is 0.320 e. The first-order chi connectivity index (χ1) is 10.8. The monoisotopic (exact) mass is 314 g/mol. The molecule has 2 nitrogen and oxygen atoms in total. The van der Waals surface area contributed by atoms with Crippen LogP contribution in [0.25, 0.3) is 5.57 Å². The van der Waals surface area contributed by atoms with Gasteiger partial charge in [-0.25, -0.2) is 0 Å². The number of carbonyl (C=O) groups excluding carboxylic acids is 1. The molecule has 0 unspecified atom stereocenters. The molecule has 0 aromatic heterocycles. The van der Waals surface area contributed by atoms with Crippen LogP contribution in [0.5, 0.6) is 0 Å². The summed E-state index contributed by atoms with van der Waals surface area (Å²) in [5.74, 6) is 0.599. The average molecular weight is 314 g/mol. The molecule has 126 valence electrons. The molecule has 23 heavy (non-hydrogen) atoms. The summed E-state index contributed by atoms with van der Waals surface area (Å²) in [6.07, 6.45) is 3.88. The predicted molar refractivity (Wildman–Crippen MR) is 96.1 cm³/mol. The van der Waals surface area contributed by atoms with Crippen LogP contribution in [0.2, 0.25) is 0 Å². The van der Waals surface area contributed by atoms with E-state index in [1.165, 1.54) is 11.1 Å². The Bertz CT molecular complexity index is 590. The standard InChI is InChI=1S/C21H30O2/c1-7-12-21(20(22)23-19(14(2)3)15(4)5)13-18(21)17-11-9-8-10-16(17)6/h8-11,13-15,19H,7,12H2,1-6H3/t21-/m1/s1.